The fourth-order valence-corrected chi connectivity index (χ4v) is 4.19. The van der Waals surface area contributed by atoms with E-state index in [1.165, 1.54) is 27.9 Å². The molecule has 9 nitrogen and oxygen atoms in total. The van der Waals surface area contributed by atoms with Crippen LogP contribution in [0.25, 0.3) is 11.0 Å². The van der Waals surface area contributed by atoms with Crippen LogP contribution in [0.1, 0.15) is 17.1 Å². The highest BCUT2D eigenvalue weighted by Gasteiger charge is 2.17. The number of amides is 1. The van der Waals surface area contributed by atoms with Crippen LogP contribution in [-0.2, 0) is 11.2 Å². The van der Waals surface area contributed by atoms with Gasteiger partial charge in [-0.2, -0.15) is 4.90 Å². The van der Waals surface area contributed by atoms with Crippen LogP contribution in [0.5, 0.6) is 5.88 Å². The fraction of sp³-hybridized carbons (Fsp3) is 0.100. The second-order valence-electron chi connectivity index (χ2n) is 6.69. The Balaban J connectivity index is 1.47. The highest BCUT2D eigenvalue weighted by atomic mass is 35.5. The van der Waals surface area contributed by atoms with Crippen molar-refractivity contribution < 1.29 is 14.8 Å². The van der Waals surface area contributed by atoms with Crippen LogP contribution in [0.3, 0.4) is 0 Å². The molecule has 3 aromatic rings. The SMILES string of the molecule is O=C(CCc1nnc2sc(C=C3C=CC(=[N+]([O-])[O-])C=C3)c(O)n12)Nc1ccc(Cl)c(Cl)c1. The minimum absolute atomic E-state index is 0.0158. The molecule has 0 bridgehead atoms. The monoisotopic (exact) mass is 490 g/mol. The number of anilines is 1. The van der Waals surface area contributed by atoms with Crippen LogP contribution in [0.2, 0.25) is 10.0 Å². The van der Waals surface area contributed by atoms with Gasteiger partial charge in [-0.05, 0) is 42.0 Å². The molecule has 0 spiro atoms. The van der Waals surface area contributed by atoms with E-state index in [1.54, 1.807) is 36.4 Å². The van der Waals surface area contributed by atoms with Crippen molar-refractivity contribution in [2.75, 3.05) is 5.32 Å². The number of hydrogen-bond donors (Lipinski definition) is 2. The molecule has 2 heterocycles. The Kier molecular flexibility index (Phi) is 6.17. The smallest absolute Gasteiger partial charge is 0.224 e. The number of carbonyl (C=O) groups excluding carboxylic acids is 1. The molecular formula is C20H14Cl2N5O4S-. The van der Waals surface area contributed by atoms with Gasteiger partial charge in [-0.15, -0.1) is 10.2 Å². The number of nitrogens with one attached hydrogen (secondary N) is 1. The number of aryl methyl sites for hydroxylation is 1. The standard InChI is InChI=1S/C20H14Cl2N5O4S/c21-14-6-3-12(10-15(14)22)23-18(28)8-7-17-24-25-20-26(17)19(29)16(32-20)9-11-1-4-13(5-2-11)27(30)31/h1-6,9-10H,7-8H2,(H2-,23,28,29,30,31)/q-1. The summed E-state index contributed by atoms with van der Waals surface area (Å²) in [5, 5.41) is 43.8. The first-order valence-corrected chi connectivity index (χ1v) is 10.8. The average Bonchev–Trinajstić information content (AvgIpc) is 3.30. The maximum atomic E-state index is 12.3. The first-order valence-electron chi connectivity index (χ1n) is 9.21. The van der Waals surface area contributed by atoms with E-state index in [1.807, 2.05) is 0 Å². The molecule has 0 fully saturated rings. The van der Waals surface area contributed by atoms with Gasteiger partial charge in [-0.1, -0.05) is 34.5 Å². The number of allylic oxidation sites excluding steroid dienone is 5. The number of benzene rings is 1. The van der Waals surface area contributed by atoms with Crippen LogP contribution in [0.4, 0.5) is 5.69 Å². The van der Waals surface area contributed by atoms with Crippen LogP contribution in [-0.4, -0.2) is 36.2 Å². The van der Waals surface area contributed by atoms with E-state index in [9.17, 15) is 20.3 Å². The van der Waals surface area contributed by atoms with Crippen molar-refractivity contribution in [3.05, 3.63) is 79.2 Å². The molecule has 1 aliphatic rings. The van der Waals surface area contributed by atoms with Gasteiger partial charge in [0.2, 0.25) is 22.5 Å². The zero-order valence-corrected chi connectivity index (χ0v) is 18.5. The molecule has 0 aliphatic heterocycles. The van der Waals surface area contributed by atoms with Crippen LogP contribution in [0.15, 0.2) is 48.1 Å². The fourth-order valence-electron chi connectivity index (χ4n) is 2.96. The zero-order valence-electron chi connectivity index (χ0n) is 16.2. The van der Waals surface area contributed by atoms with Crippen LogP contribution < -0.4 is 5.32 Å². The normalized spacial score (nSPS) is 13.1. The summed E-state index contributed by atoms with van der Waals surface area (Å²) in [6.45, 7) is 0. The molecule has 0 radical (unpaired) electrons. The lowest BCUT2D eigenvalue weighted by molar-refractivity contribution is -0.377. The highest BCUT2D eigenvalue weighted by Crippen LogP contribution is 2.32. The quantitative estimate of drug-likeness (QED) is 0.404. The molecule has 2 aromatic heterocycles. The topological polar surface area (TPSA) is 129 Å². The third kappa shape index (κ3) is 4.62. The summed E-state index contributed by atoms with van der Waals surface area (Å²) in [7, 11) is 0. The third-order valence-corrected chi connectivity index (χ3v) is 6.22. The number of aromatic nitrogens is 3. The summed E-state index contributed by atoms with van der Waals surface area (Å²) in [5.74, 6) is 0.113. The molecule has 2 N–H and O–H groups in total. The lowest BCUT2D eigenvalue weighted by Gasteiger charge is -2.07. The van der Waals surface area contributed by atoms with Gasteiger partial charge >= 0.3 is 0 Å². The lowest BCUT2D eigenvalue weighted by atomic mass is 10.1. The number of thiazole rings is 1. The predicted molar refractivity (Wildman–Crippen MR) is 124 cm³/mol. The molecule has 0 atom stereocenters. The Morgan fingerprint density at radius 3 is 2.62 bits per heavy atom. The van der Waals surface area contributed by atoms with Crippen molar-refractivity contribution in [3.63, 3.8) is 0 Å². The molecule has 164 valence electrons. The Hall–Kier alpha value is -3.34. The predicted octanol–water partition coefficient (Wildman–Crippen LogP) is 4.33. The minimum atomic E-state index is -0.476. The summed E-state index contributed by atoms with van der Waals surface area (Å²) in [6, 6.07) is 4.79. The van der Waals surface area contributed by atoms with Crippen molar-refractivity contribution in [1.82, 2.24) is 14.6 Å². The summed E-state index contributed by atoms with van der Waals surface area (Å²) >= 11 is 13.0. The number of rotatable bonds is 5. The molecule has 32 heavy (non-hydrogen) atoms. The Morgan fingerprint density at radius 2 is 1.94 bits per heavy atom. The van der Waals surface area contributed by atoms with Gasteiger partial charge in [-0.3, -0.25) is 4.79 Å². The number of fused-ring (bicyclic) bond motifs is 1. The largest absolute Gasteiger partial charge is 0.612 e. The van der Waals surface area contributed by atoms with Crippen molar-refractivity contribution in [1.29, 1.82) is 0 Å². The average molecular weight is 491 g/mol. The van der Waals surface area contributed by atoms with Crippen molar-refractivity contribution in [3.8, 4) is 5.88 Å². The molecule has 1 aliphatic carbocycles. The number of aromatic hydroxyl groups is 1. The number of hydrogen-bond acceptors (Lipinski definition) is 7. The van der Waals surface area contributed by atoms with Gasteiger partial charge in [0.25, 0.3) is 0 Å². The summed E-state index contributed by atoms with van der Waals surface area (Å²) in [6.07, 6.45) is 8.01. The van der Waals surface area contributed by atoms with E-state index in [-0.39, 0.29) is 30.3 Å². The van der Waals surface area contributed by atoms with E-state index >= 15 is 0 Å². The molecule has 12 heteroatoms. The van der Waals surface area contributed by atoms with Gasteiger partial charge in [-0.25, -0.2) is 4.40 Å². The second kappa shape index (κ2) is 9.03. The van der Waals surface area contributed by atoms with Crippen molar-refractivity contribution in [2.45, 2.75) is 12.8 Å². The summed E-state index contributed by atoms with van der Waals surface area (Å²) in [4.78, 5) is 12.8. The Morgan fingerprint density at radius 1 is 1.19 bits per heavy atom. The van der Waals surface area contributed by atoms with Crippen LogP contribution >= 0.6 is 34.5 Å². The lowest BCUT2D eigenvalue weighted by Crippen LogP contribution is -2.13. The molecule has 0 saturated heterocycles. The van der Waals surface area contributed by atoms with Gasteiger partial charge in [0.05, 0.1) is 14.9 Å². The van der Waals surface area contributed by atoms with Gasteiger partial charge in [0.15, 0.2) is 0 Å². The van der Waals surface area contributed by atoms with Crippen LogP contribution in [0, 0.1) is 10.4 Å². The summed E-state index contributed by atoms with van der Waals surface area (Å²) < 4.78 is 1.48. The maximum Gasteiger partial charge on any atom is 0.224 e. The zero-order chi connectivity index (χ0) is 22.8. The van der Waals surface area contributed by atoms with Crippen molar-refractivity contribution >= 4 is 62.9 Å². The molecule has 1 aromatic carbocycles. The van der Waals surface area contributed by atoms with Gasteiger partial charge in [0.1, 0.15) is 5.82 Å². The first kappa shape index (κ1) is 21.9. The van der Waals surface area contributed by atoms with E-state index in [4.69, 9.17) is 23.2 Å². The Labute approximate surface area is 195 Å². The summed E-state index contributed by atoms with van der Waals surface area (Å²) in [5.41, 5.74) is 1.19. The highest BCUT2D eigenvalue weighted by molar-refractivity contribution is 7.18. The van der Waals surface area contributed by atoms with Gasteiger partial charge < -0.3 is 20.8 Å². The van der Waals surface area contributed by atoms with E-state index in [2.05, 4.69) is 15.5 Å². The number of halogens is 2. The molecule has 4 rings (SSSR count). The molecular weight excluding hydrogens is 477 g/mol. The minimum Gasteiger partial charge on any atom is -0.612 e. The third-order valence-electron chi connectivity index (χ3n) is 4.51. The van der Waals surface area contributed by atoms with E-state index in [0.717, 1.165) is 0 Å². The first-order chi connectivity index (χ1) is 15.3. The number of nitrogens with zero attached hydrogens (tertiary/aromatic N) is 4. The van der Waals surface area contributed by atoms with Gasteiger partial charge in [0, 0.05) is 30.7 Å². The maximum absolute atomic E-state index is 12.3. The van der Waals surface area contributed by atoms with E-state index < -0.39 is 4.90 Å². The second-order valence-corrected chi connectivity index (χ2v) is 8.52. The van der Waals surface area contributed by atoms with E-state index in [0.29, 0.717) is 37.0 Å². The Bertz CT molecular complexity index is 1320. The number of carbonyl (C=O) groups is 1. The molecule has 0 unspecified atom stereocenters. The molecule has 0 saturated carbocycles. The molecule has 1 amide bonds. The van der Waals surface area contributed by atoms with Crippen molar-refractivity contribution in [2.24, 2.45) is 0 Å².